The predicted octanol–water partition coefficient (Wildman–Crippen LogP) is 3.25. The van der Waals surface area contributed by atoms with Gasteiger partial charge < -0.3 is 5.32 Å². The molecule has 0 fully saturated rings. The van der Waals surface area contributed by atoms with Crippen LogP contribution in [0.3, 0.4) is 0 Å². The predicted molar refractivity (Wildman–Crippen MR) is 75.8 cm³/mol. The summed E-state index contributed by atoms with van der Waals surface area (Å²) in [6.07, 6.45) is 0.647. The molecule has 0 aliphatic rings. The lowest BCUT2D eigenvalue weighted by atomic mass is 10.2. The molecule has 0 radical (unpaired) electrons. The van der Waals surface area contributed by atoms with Crippen LogP contribution in [0.1, 0.15) is 0 Å². The minimum Gasteiger partial charge on any atom is -0.329 e. The molecule has 1 aromatic heterocycles. The summed E-state index contributed by atoms with van der Waals surface area (Å²) in [6.45, 7) is 0. The van der Waals surface area contributed by atoms with Crippen LogP contribution in [0, 0.1) is 0 Å². The molecular weight excluding hydrogens is 262 g/mol. The van der Waals surface area contributed by atoms with Crippen molar-refractivity contribution in [2.45, 2.75) is 0 Å². The molecule has 3 rings (SSSR count). The number of hydrogen-bond donors (Lipinski definition) is 1. The number of fused-ring (bicyclic) bond motifs is 1. The maximum Gasteiger partial charge on any atom is 0.211 e. The number of hydrogen-bond acceptors (Lipinski definition) is 2. The van der Waals surface area contributed by atoms with Crippen molar-refractivity contribution < 1.29 is 4.79 Å². The van der Waals surface area contributed by atoms with Gasteiger partial charge >= 0.3 is 0 Å². The van der Waals surface area contributed by atoms with Gasteiger partial charge in [0, 0.05) is 11.4 Å². The molecule has 1 heterocycles. The van der Waals surface area contributed by atoms with Gasteiger partial charge in [-0.1, -0.05) is 12.1 Å². The van der Waals surface area contributed by atoms with Crippen molar-refractivity contribution in [2.24, 2.45) is 0 Å². The number of rotatable bonds is 3. The Morgan fingerprint density at radius 2 is 1.84 bits per heavy atom. The quantitative estimate of drug-likeness (QED) is 0.744. The molecule has 0 atom stereocenters. The molecule has 5 heteroatoms. The van der Waals surface area contributed by atoms with Crippen LogP contribution in [0.2, 0.25) is 5.28 Å². The van der Waals surface area contributed by atoms with E-state index in [1.807, 2.05) is 53.1 Å². The second-order valence-electron chi connectivity index (χ2n) is 4.01. The van der Waals surface area contributed by atoms with Gasteiger partial charge in [-0.25, -0.2) is 4.98 Å². The molecule has 0 bridgehead atoms. The van der Waals surface area contributed by atoms with E-state index in [1.54, 1.807) is 0 Å². The molecule has 3 aromatic rings. The van der Waals surface area contributed by atoms with E-state index in [4.69, 9.17) is 11.6 Å². The first kappa shape index (κ1) is 11.7. The van der Waals surface area contributed by atoms with Crippen LogP contribution in [0.4, 0.5) is 5.69 Å². The van der Waals surface area contributed by atoms with Crippen molar-refractivity contribution in [3.63, 3.8) is 0 Å². The average molecular weight is 272 g/mol. The lowest BCUT2D eigenvalue weighted by Crippen LogP contribution is -1.96. The average Bonchev–Trinajstić information content (AvgIpc) is 2.76. The van der Waals surface area contributed by atoms with Gasteiger partial charge in [-0.05, 0) is 48.0 Å². The summed E-state index contributed by atoms with van der Waals surface area (Å²) in [4.78, 5) is 14.7. The molecule has 1 amide bonds. The van der Waals surface area contributed by atoms with Crippen LogP contribution < -0.4 is 5.32 Å². The van der Waals surface area contributed by atoms with Crippen molar-refractivity contribution in [3.05, 3.63) is 53.8 Å². The van der Waals surface area contributed by atoms with E-state index in [2.05, 4.69) is 10.3 Å². The number of carbonyl (C=O) groups is 1. The fourth-order valence-electron chi connectivity index (χ4n) is 2.02. The van der Waals surface area contributed by atoms with Gasteiger partial charge in [0.05, 0.1) is 11.0 Å². The molecular formula is C14H10ClN3O. The number of anilines is 1. The molecule has 0 aliphatic carbocycles. The summed E-state index contributed by atoms with van der Waals surface area (Å²) in [6, 6.07) is 15.1. The maximum atomic E-state index is 10.4. The first-order valence-electron chi connectivity index (χ1n) is 5.73. The second kappa shape index (κ2) is 4.74. The van der Waals surface area contributed by atoms with Crippen LogP contribution in [0.15, 0.2) is 48.5 Å². The van der Waals surface area contributed by atoms with Gasteiger partial charge in [-0.15, -0.1) is 0 Å². The van der Waals surface area contributed by atoms with Crippen molar-refractivity contribution >= 4 is 34.7 Å². The first-order chi connectivity index (χ1) is 9.29. The van der Waals surface area contributed by atoms with Gasteiger partial charge in [-0.3, -0.25) is 9.36 Å². The third-order valence-corrected chi connectivity index (χ3v) is 3.12. The normalized spacial score (nSPS) is 10.6. The highest BCUT2D eigenvalue weighted by Crippen LogP contribution is 2.25. The fraction of sp³-hybridized carbons (Fsp3) is 0. The van der Waals surface area contributed by atoms with E-state index < -0.39 is 0 Å². The minimum absolute atomic E-state index is 0.414. The SMILES string of the molecule is O=CNc1ccc(-n2c(Cl)nc3ccccc32)cc1. The Hall–Kier alpha value is -2.33. The molecule has 0 saturated heterocycles. The number of carbonyl (C=O) groups excluding carboxylic acids is 1. The monoisotopic (exact) mass is 271 g/mol. The largest absolute Gasteiger partial charge is 0.329 e. The zero-order valence-corrected chi connectivity index (χ0v) is 10.6. The molecule has 94 valence electrons. The standard InChI is InChI=1S/C14H10ClN3O/c15-14-17-12-3-1-2-4-13(12)18(14)11-7-5-10(6-8-11)16-9-19/h1-9H,(H,16,19). The molecule has 1 N–H and O–H groups in total. The van der Waals surface area contributed by atoms with Gasteiger partial charge in [0.2, 0.25) is 11.7 Å². The van der Waals surface area contributed by atoms with Crippen LogP contribution >= 0.6 is 11.6 Å². The zero-order valence-electron chi connectivity index (χ0n) is 9.88. The summed E-state index contributed by atoms with van der Waals surface area (Å²) in [5.41, 5.74) is 3.43. The van der Waals surface area contributed by atoms with Crippen LogP contribution in [-0.4, -0.2) is 16.0 Å². The number of para-hydroxylation sites is 2. The van der Waals surface area contributed by atoms with Crippen LogP contribution in [-0.2, 0) is 4.79 Å². The summed E-state index contributed by atoms with van der Waals surface area (Å²) < 4.78 is 1.86. The van der Waals surface area contributed by atoms with E-state index >= 15 is 0 Å². The second-order valence-corrected chi connectivity index (χ2v) is 4.35. The summed E-state index contributed by atoms with van der Waals surface area (Å²) in [5, 5.41) is 3.01. The van der Waals surface area contributed by atoms with Gasteiger partial charge in [0.1, 0.15) is 0 Å². The Kier molecular flexibility index (Phi) is 2.93. The number of nitrogens with zero attached hydrogens (tertiary/aromatic N) is 2. The van der Waals surface area contributed by atoms with Crippen LogP contribution in [0.25, 0.3) is 16.7 Å². The topological polar surface area (TPSA) is 46.9 Å². The first-order valence-corrected chi connectivity index (χ1v) is 6.11. The van der Waals surface area contributed by atoms with E-state index in [0.29, 0.717) is 11.7 Å². The number of nitrogens with one attached hydrogen (secondary N) is 1. The molecule has 19 heavy (non-hydrogen) atoms. The van der Waals surface area contributed by atoms with E-state index in [0.717, 1.165) is 22.4 Å². The third-order valence-electron chi connectivity index (χ3n) is 2.87. The molecule has 0 unspecified atom stereocenters. The molecule has 0 aliphatic heterocycles. The number of amides is 1. The summed E-state index contributed by atoms with van der Waals surface area (Å²) in [5.74, 6) is 0. The molecule has 0 spiro atoms. The number of benzene rings is 2. The maximum absolute atomic E-state index is 10.4. The highest BCUT2D eigenvalue weighted by atomic mass is 35.5. The lowest BCUT2D eigenvalue weighted by Gasteiger charge is -2.06. The van der Waals surface area contributed by atoms with Crippen LogP contribution in [0.5, 0.6) is 0 Å². The molecule has 0 saturated carbocycles. The Morgan fingerprint density at radius 3 is 2.58 bits per heavy atom. The molecule has 2 aromatic carbocycles. The summed E-state index contributed by atoms with van der Waals surface area (Å²) in [7, 11) is 0. The van der Waals surface area contributed by atoms with Gasteiger partial charge in [0.25, 0.3) is 0 Å². The third kappa shape index (κ3) is 2.06. The highest BCUT2D eigenvalue weighted by molar-refractivity contribution is 6.29. The van der Waals surface area contributed by atoms with Crippen molar-refractivity contribution in [2.75, 3.05) is 5.32 Å². The number of aromatic nitrogens is 2. The number of imidazole rings is 1. The van der Waals surface area contributed by atoms with Crippen molar-refractivity contribution in [3.8, 4) is 5.69 Å². The Morgan fingerprint density at radius 1 is 1.11 bits per heavy atom. The van der Waals surface area contributed by atoms with Crippen molar-refractivity contribution in [1.82, 2.24) is 9.55 Å². The van der Waals surface area contributed by atoms with E-state index in [-0.39, 0.29) is 0 Å². The number of halogens is 1. The fourth-order valence-corrected chi connectivity index (χ4v) is 2.30. The minimum atomic E-state index is 0.414. The van der Waals surface area contributed by atoms with Gasteiger partial charge in [0.15, 0.2) is 0 Å². The van der Waals surface area contributed by atoms with E-state index in [9.17, 15) is 4.79 Å². The highest BCUT2D eigenvalue weighted by Gasteiger charge is 2.09. The Bertz CT molecular complexity index is 734. The smallest absolute Gasteiger partial charge is 0.211 e. The Balaban J connectivity index is 2.13. The lowest BCUT2D eigenvalue weighted by molar-refractivity contribution is -0.105. The van der Waals surface area contributed by atoms with Gasteiger partial charge in [-0.2, -0.15) is 0 Å². The Labute approximate surface area is 114 Å². The van der Waals surface area contributed by atoms with E-state index in [1.165, 1.54) is 0 Å². The van der Waals surface area contributed by atoms with Crippen molar-refractivity contribution in [1.29, 1.82) is 0 Å². The zero-order chi connectivity index (χ0) is 13.2. The summed E-state index contributed by atoms with van der Waals surface area (Å²) >= 11 is 6.18. The molecule has 4 nitrogen and oxygen atoms in total.